The van der Waals surface area contributed by atoms with Gasteiger partial charge >= 0.3 is 0 Å². The van der Waals surface area contributed by atoms with Crippen LogP contribution >= 0.6 is 0 Å². The molecule has 0 aromatic heterocycles. The molecule has 1 unspecified atom stereocenters. The lowest BCUT2D eigenvalue weighted by molar-refractivity contribution is 0.235. The van der Waals surface area contributed by atoms with Crippen LogP contribution in [0.2, 0.25) is 0 Å². The van der Waals surface area contributed by atoms with Crippen LogP contribution in [0.15, 0.2) is 53.5 Å². The van der Waals surface area contributed by atoms with Crippen LogP contribution in [0, 0.1) is 0 Å². The van der Waals surface area contributed by atoms with Gasteiger partial charge in [-0.3, -0.25) is 4.99 Å². The first kappa shape index (κ1) is 20.2. The zero-order valence-corrected chi connectivity index (χ0v) is 16.9. The molecule has 7 nitrogen and oxygen atoms in total. The SMILES string of the molecule is CN=C(NCc1ccc(CS(=O)(=O)NC)cc1)NCC1Cc2ccccc2O1. The number of aliphatic imine (C=N–C) groups is 1. The van der Waals surface area contributed by atoms with Crippen molar-refractivity contribution in [3.05, 3.63) is 65.2 Å². The molecule has 8 heteroatoms. The fourth-order valence-electron chi connectivity index (χ4n) is 3.03. The second-order valence-electron chi connectivity index (χ2n) is 6.64. The Labute approximate surface area is 166 Å². The van der Waals surface area contributed by atoms with E-state index in [1.807, 2.05) is 42.5 Å². The average Bonchev–Trinajstić information content (AvgIpc) is 3.12. The van der Waals surface area contributed by atoms with Crippen molar-refractivity contribution in [1.82, 2.24) is 15.4 Å². The highest BCUT2D eigenvalue weighted by atomic mass is 32.2. The summed E-state index contributed by atoms with van der Waals surface area (Å²) < 4.78 is 31.5. The summed E-state index contributed by atoms with van der Waals surface area (Å²) in [7, 11) is -0.111. The zero-order chi connectivity index (χ0) is 20.0. The minimum Gasteiger partial charge on any atom is -0.488 e. The minimum absolute atomic E-state index is 0.0236. The summed E-state index contributed by atoms with van der Waals surface area (Å²) >= 11 is 0. The van der Waals surface area contributed by atoms with Gasteiger partial charge in [-0.2, -0.15) is 0 Å². The Hall–Kier alpha value is -2.58. The van der Waals surface area contributed by atoms with Crippen molar-refractivity contribution in [2.45, 2.75) is 24.8 Å². The van der Waals surface area contributed by atoms with E-state index in [0.717, 1.165) is 23.3 Å². The maximum Gasteiger partial charge on any atom is 0.215 e. The van der Waals surface area contributed by atoms with E-state index in [1.54, 1.807) is 7.05 Å². The Morgan fingerprint density at radius 2 is 1.82 bits per heavy atom. The van der Waals surface area contributed by atoms with E-state index >= 15 is 0 Å². The summed E-state index contributed by atoms with van der Waals surface area (Å²) in [4.78, 5) is 4.24. The van der Waals surface area contributed by atoms with Gasteiger partial charge < -0.3 is 15.4 Å². The van der Waals surface area contributed by atoms with E-state index in [9.17, 15) is 8.42 Å². The van der Waals surface area contributed by atoms with Gasteiger partial charge in [-0.1, -0.05) is 42.5 Å². The maximum atomic E-state index is 11.6. The van der Waals surface area contributed by atoms with Gasteiger partial charge in [0.15, 0.2) is 5.96 Å². The number of hydrogen-bond acceptors (Lipinski definition) is 4. The van der Waals surface area contributed by atoms with Crippen molar-refractivity contribution in [3.8, 4) is 5.75 Å². The molecule has 2 aromatic rings. The Morgan fingerprint density at radius 1 is 1.11 bits per heavy atom. The molecule has 2 aromatic carbocycles. The molecule has 0 saturated carbocycles. The van der Waals surface area contributed by atoms with E-state index in [4.69, 9.17) is 4.74 Å². The molecule has 1 aliphatic rings. The van der Waals surface area contributed by atoms with Crippen LogP contribution in [0.25, 0.3) is 0 Å². The fourth-order valence-corrected chi connectivity index (χ4v) is 3.81. The standard InChI is InChI=1S/C20H26N4O3S/c1-21-20(24-13-18-11-17-5-3-4-6-19(17)27-18)23-12-15-7-9-16(10-8-15)14-28(25,26)22-2/h3-10,18,22H,11-14H2,1-2H3,(H2,21,23,24). The summed E-state index contributed by atoms with van der Waals surface area (Å²) in [5.74, 6) is 1.63. The van der Waals surface area contributed by atoms with Crippen molar-refractivity contribution in [1.29, 1.82) is 0 Å². The van der Waals surface area contributed by atoms with Gasteiger partial charge in [0.05, 0.1) is 12.3 Å². The van der Waals surface area contributed by atoms with Crippen molar-refractivity contribution >= 4 is 16.0 Å². The normalized spacial score (nSPS) is 16.4. The second-order valence-corrected chi connectivity index (χ2v) is 8.56. The highest BCUT2D eigenvalue weighted by Crippen LogP contribution is 2.27. The molecule has 3 N–H and O–H groups in total. The van der Waals surface area contributed by atoms with Gasteiger partial charge in [0.2, 0.25) is 10.0 Å². The summed E-state index contributed by atoms with van der Waals surface area (Å²) in [6.07, 6.45) is 0.973. The van der Waals surface area contributed by atoms with Crippen LogP contribution in [0.5, 0.6) is 5.75 Å². The molecule has 0 radical (unpaired) electrons. The first-order valence-electron chi connectivity index (χ1n) is 9.17. The smallest absolute Gasteiger partial charge is 0.215 e. The number of hydrogen-bond donors (Lipinski definition) is 3. The third kappa shape index (κ3) is 5.46. The molecule has 0 aliphatic carbocycles. The molecule has 3 rings (SSSR count). The first-order chi connectivity index (χ1) is 13.5. The van der Waals surface area contributed by atoms with Crippen LogP contribution in [-0.4, -0.2) is 41.1 Å². The number of guanidine groups is 1. The molecule has 0 spiro atoms. The van der Waals surface area contributed by atoms with Gasteiger partial charge in [-0.05, 0) is 29.8 Å². The topological polar surface area (TPSA) is 91.8 Å². The van der Waals surface area contributed by atoms with Crippen LogP contribution in [-0.2, 0) is 28.7 Å². The number of sulfonamides is 1. The van der Waals surface area contributed by atoms with Crippen molar-refractivity contribution < 1.29 is 13.2 Å². The Balaban J connectivity index is 1.46. The molecule has 1 heterocycles. The molecule has 0 saturated heterocycles. The molecule has 28 heavy (non-hydrogen) atoms. The predicted molar refractivity (Wildman–Crippen MR) is 111 cm³/mol. The van der Waals surface area contributed by atoms with Gasteiger partial charge in [-0.25, -0.2) is 13.1 Å². The number of nitrogens with zero attached hydrogens (tertiary/aromatic N) is 1. The van der Waals surface area contributed by atoms with Gasteiger partial charge in [0.1, 0.15) is 11.9 Å². The minimum atomic E-state index is -3.26. The van der Waals surface area contributed by atoms with E-state index in [-0.39, 0.29) is 11.9 Å². The Bertz CT molecular complexity index is 902. The fraction of sp³-hybridized carbons (Fsp3) is 0.350. The highest BCUT2D eigenvalue weighted by molar-refractivity contribution is 7.88. The van der Waals surface area contributed by atoms with E-state index < -0.39 is 10.0 Å². The van der Waals surface area contributed by atoms with Crippen LogP contribution in [0.1, 0.15) is 16.7 Å². The number of benzene rings is 2. The zero-order valence-electron chi connectivity index (χ0n) is 16.1. The summed E-state index contributed by atoms with van der Waals surface area (Å²) in [6, 6.07) is 15.6. The third-order valence-corrected chi connectivity index (χ3v) is 5.92. The lowest BCUT2D eigenvalue weighted by atomic mass is 10.1. The molecule has 0 fully saturated rings. The third-order valence-electron chi connectivity index (χ3n) is 4.59. The average molecular weight is 403 g/mol. The Morgan fingerprint density at radius 3 is 2.50 bits per heavy atom. The van der Waals surface area contributed by atoms with Crippen molar-refractivity contribution in [2.24, 2.45) is 4.99 Å². The first-order valence-corrected chi connectivity index (χ1v) is 10.8. The van der Waals surface area contributed by atoms with Crippen LogP contribution < -0.4 is 20.1 Å². The predicted octanol–water partition coefficient (Wildman–Crippen LogP) is 1.40. The van der Waals surface area contributed by atoms with Gasteiger partial charge in [0.25, 0.3) is 0 Å². The second kappa shape index (κ2) is 9.07. The molecule has 1 atom stereocenters. The molecular formula is C20H26N4O3S. The van der Waals surface area contributed by atoms with E-state index in [0.29, 0.717) is 19.0 Å². The molecular weight excluding hydrogens is 376 g/mol. The largest absolute Gasteiger partial charge is 0.488 e. The van der Waals surface area contributed by atoms with Crippen LogP contribution in [0.3, 0.4) is 0 Å². The summed E-state index contributed by atoms with van der Waals surface area (Å²) in [5.41, 5.74) is 3.02. The lowest BCUT2D eigenvalue weighted by Crippen LogP contribution is -2.41. The lowest BCUT2D eigenvalue weighted by Gasteiger charge is -2.15. The van der Waals surface area contributed by atoms with E-state index in [1.165, 1.54) is 12.6 Å². The van der Waals surface area contributed by atoms with Crippen molar-refractivity contribution in [2.75, 3.05) is 20.6 Å². The van der Waals surface area contributed by atoms with E-state index in [2.05, 4.69) is 26.4 Å². The quantitative estimate of drug-likeness (QED) is 0.481. The number of ether oxygens (including phenoxy) is 1. The monoisotopic (exact) mass is 402 g/mol. The maximum absolute atomic E-state index is 11.6. The molecule has 0 bridgehead atoms. The summed E-state index contributed by atoms with van der Waals surface area (Å²) in [6.45, 7) is 1.25. The Kier molecular flexibility index (Phi) is 6.53. The summed E-state index contributed by atoms with van der Waals surface area (Å²) in [5, 5.41) is 6.56. The van der Waals surface area contributed by atoms with Crippen LogP contribution in [0.4, 0.5) is 0 Å². The number of rotatable bonds is 7. The number of fused-ring (bicyclic) bond motifs is 1. The number of para-hydroxylation sites is 1. The molecule has 1 aliphatic heterocycles. The van der Waals surface area contributed by atoms with Gasteiger partial charge in [-0.15, -0.1) is 0 Å². The highest BCUT2D eigenvalue weighted by Gasteiger charge is 2.22. The number of nitrogens with one attached hydrogen (secondary N) is 3. The molecule has 0 amide bonds. The molecule has 150 valence electrons. The van der Waals surface area contributed by atoms with Gasteiger partial charge in [0, 0.05) is 20.0 Å². The van der Waals surface area contributed by atoms with Crippen molar-refractivity contribution in [3.63, 3.8) is 0 Å².